The highest BCUT2D eigenvalue weighted by molar-refractivity contribution is 7.71. The quantitative estimate of drug-likeness (QED) is 0.666. The molecule has 0 unspecified atom stereocenters. The van der Waals surface area contributed by atoms with Gasteiger partial charge < -0.3 is 9.72 Å². The summed E-state index contributed by atoms with van der Waals surface area (Å²) in [5.41, 5.74) is 1.89. The Labute approximate surface area is 110 Å². The van der Waals surface area contributed by atoms with Gasteiger partial charge >= 0.3 is 5.97 Å². The summed E-state index contributed by atoms with van der Waals surface area (Å²) in [5.74, 6) is 0.173. The van der Waals surface area contributed by atoms with Gasteiger partial charge in [0.05, 0.1) is 7.11 Å². The van der Waals surface area contributed by atoms with Crippen LogP contribution in [0.5, 0.6) is 0 Å². The normalized spacial score (nSPS) is 10.1. The summed E-state index contributed by atoms with van der Waals surface area (Å²) in [7, 11) is 1.32. The van der Waals surface area contributed by atoms with Gasteiger partial charge in [-0.1, -0.05) is 42.5 Å². The molecule has 0 amide bonds. The fraction of sp³-hybridized carbons (Fsp3) is 0.154. The molecule has 1 aromatic carbocycles. The Morgan fingerprint density at radius 1 is 1.33 bits per heavy atom. The van der Waals surface area contributed by atoms with Crippen LogP contribution in [-0.2, 0) is 4.74 Å². The molecule has 18 heavy (non-hydrogen) atoms. The van der Waals surface area contributed by atoms with Crippen molar-refractivity contribution >= 4 is 18.2 Å². The van der Waals surface area contributed by atoms with Gasteiger partial charge in [-0.2, -0.15) is 0 Å². The van der Waals surface area contributed by atoms with E-state index in [2.05, 4.69) is 14.7 Å². The molecule has 0 fully saturated rings. The number of carbonyl (C=O) groups excluding carboxylic acids is 1. The highest BCUT2D eigenvalue weighted by Gasteiger charge is 2.14. The predicted molar refractivity (Wildman–Crippen MR) is 70.9 cm³/mol. The van der Waals surface area contributed by atoms with Gasteiger partial charge in [-0.05, 0) is 6.92 Å². The third kappa shape index (κ3) is 2.31. The number of methoxy groups -OCH3 is 1. The molecular weight excluding hydrogens is 248 g/mol. The monoisotopic (exact) mass is 260 g/mol. The number of aryl methyl sites for hydroxylation is 1. The molecule has 1 heterocycles. The molecule has 0 bridgehead atoms. The Kier molecular flexibility index (Phi) is 3.53. The molecule has 0 saturated carbocycles. The second kappa shape index (κ2) is 5.10. The summed E-state index contributed by atoms with van der Waals surface area (Å²) in [5, 5.41) is 0. The van der Waals surface area contributed by atoms with Gasteiger partial charge in [-0.25, -0.2) is 9.78 Å². The standard InChI is InChI=1S/C13H12N2O2S/c1-8-10(13(16)17-2)12(18)15-11(14-8)9-6-4-3-5-7-9/h3-7H,1-2H3,(H,14,15,18). The van der Waals surface area contributed by atoms with Crippen LogP contribution in [0.1, 0.15) is 16.1 Å². The maximum atomic E-state index is 11.6. The number of nitrogens with one attached hydrogen (secondary N) is 1. The van der Waals surface area contributed by atoms with Gasteiger partial charge in [-0.15, -0.1) is 0 Å². The molecule has 0 spiro atoms. The van der Waals surface area contributed by atoms with Crippen LogP contribution in [0.15, 0.2) is 30.3 Å². The third-order valence-corrected chi connectivity index (χ3v) is 2.84. The van der Waals surface area contributed by atoms with Crippen molar-refractivity contribution in [1.29, 1.82) is 0 Å². The Bertz CT molecular complexity index is 635. The Morgan fingerprint density at radius 2 is 2.00 bits per heavy atom. The minimum Gasteiger partial charge on any atom is -0.465 e. The van der Waals surface area contributed by atoms with Crippen LogP contribution in [0, 0.1) is 11.6 Å². The fourth-order valence-corrected chi connectivity index (χ4v) is 1.99. The first kappa shape index (κ1) is 12.4. The second-order valence-electron chi connectivity index (χ2n) is 3.75. The summed E-state index contributed by atoms with van der Waals surface area (Å²) in [6, 6.07) is 9.60. The number of aromatic amines is 1. The molecule has 2 aromatic rings. The number of H-pyrrole nitrogens is 1. The Morgan fingerprint density at radius 3 is 2.56 bits per heavy atom. The van der Waals surface area contributed by atoms with Gasteiger partial charge in [0.1, 0.15) is 16.0 Å². The van der Waals surface area contributed by atoms with Crippen molar-refractivity contribution in [2.24, 2.45) is 0 Å². The topological polar surface area (TPSA) is 55.0 Å². The van der Waals surface area contributed by atoms with E-state index in [1.165, 1.54) is 7.11 Å². The van der Waals surface area contributed by atoms with Gasteiger partial charge in [0, 0.05) is 11.3 Å². The number of ether oxygens (including phenoxy) is 1. The lowest BCUT2D eigenvalue weighted by molar-refractivity contribution is 0.0598. The number of nitrogens with zero attached hydrogens (tertiary/aromatic N) is 1. The number of esters is 1. The first-order chi connectivity index (χ1) is 8.63. The zero-order valence-electron chi connectivity index (χ0n) is 10.1. The molecule has 0 aliphatic carbocycles. The predicted octanol–water partition coefficient (Wildman–Crippen LogP) is 2.90. The summed E-state index contributed by atoms with van der Waals surface area (Å²) in [4.78, 5) is 18.9. The van der Waals surface area contributed by atoms with Gasteiger partial charge in [-0.3, -0.25) is 0 Å². The van der Waals surface area contributed by atoms with Gasteiger partial charge in [0.25, 0.3) is 0 Å². The fourth-order valence-electron chi connectivity index (χ4n) is 1.66. The molecule has 0 radical (unpaired) electrons. The minimum atomic E-state index is -0.471. The van der Waals surface area contributed by atoms with Crippen molar-refractivity contribution in [3.8, 4) is 11.4 Å². The molecule has 2 rings (SSSR count). The van der Waals surface area contributed by atoms with E-state index in [0.717, 1.165) is 5.56 Å². The van der Waals surface area contributed by atoms with Crippen LogP contribution >= 0.6 is 12.2 Å². The van der Waals surface area contributed by atoms with E-state index in [0.29, 0.717) is 17.1 Å². The van der Waals surface area contributed by atoms with Crippen LogP contribution in [-0.4, -0.2) is 23.0 Å². The summed E-state index contributed by atoms with van der Waals surface area (Å²) in [6.45, 7) is 1.77. The van der Waals surface area contributed by atoms with Crippen molar-refractivity contribution in [3.05, 3.63) is 46.2 Å². The zero-order valence-corrected chi connectivity index (χ0v) is 10.9. The highest BCUT2D eigenvalue weighted by Crippen LogP contribution is 2.17. The van der Waals surface area contributed by atoms with Crippen molar-refractivity contribution in [2.45, 2.75) is 6.92 Å². The Balaban J connectivity index is 2.57. The number of rotatable bonds is 2. The number of benzene rings is 1. The minimum absolute atomic E-state index is 0.247. The lowest BCUT2D eigenvalue weighted by Gasteiger charge is -2.07. The number of aromatic nitrogens is 2. The molecule has 0 aliphatic heterocycles. The third-order valence-electron chi connectivity index (χ3n) is 2.54. The molecule has 5 heteroatoms. The van der Waals surface area contributed by atoms with Crippen LogP contribution < -0.4 is 0 Å². The lowest BCUT2D eigenvalue weighted by atomic mass is 10.2. The molecule has 0 saturated heterocycles. The average molecular weight is 260 g/mol. The van der Waals surface area contributed by atoms with E-state index >= 15 is 0 Å². The molecule has 1 N–H and O–H groups in total. The summed E-state index contributed by atoms with van der Waals surface area (Å²) >= 11 is 5.14. The SMILES string of the molecule is COC(=O)c1c(C)[nH]c(-c2ccccc2)nc1=S. The van der Waals surface area contributed by atoms with E-state index in [-0.39, 0.29) is 4.64 Å². The van der Waals surface area contributed by atoms with E-state index in [1.807, 2.05) is 30.3 Å². The van der Waals surface area contributed by atoms with Gasteiger partial charge in [0.2, 0.25) is 0 Å². The smallest absolute Gasteiger partial charge is 0.342 e. The first-order valence-corrected chi connectivity index (χ1v) is 5.79. The molecule has 92 valence electrons. The van der Waals surface area contributed by atoms with E-state index in [1.54, 1.807) is 6.92 Å². The molecular formula is C13H12N2O2S. The van der Waals surface area contributed by atoms with Crippen molar-refractivity contribution in [3.63, 3.8) is 0 Å². The molecule has 1 aromatic heterocycles. The summed E-state index contributed by atoms with van der Waals surface area (Å²) in [6.07, 6.45) is 0. The van der Waals surface area contributed by atoms with Crippen molar-refractivity contribution in [1.82, 2.24) is 9.97 Å². The summed E-state index contributed by atoms with van der Waals surface area (Å²) < 4.78 is 4.93. The zero-order chi connectivity index (χ0) is 13.1. The maximum absolute atomic E-state index is 11.6. The number of carbonyl (C=O) groups is 1. The number of hydrogen-bond donors (Lipinski definition) is 1. The Hall–Kier alpha value is -2.01. The van der Waals surface area contributed by atoms with Crippen LogP contribution in [0.25, 0.3) is 11.4 Å². The maximum Gasteiger partial charge on any atom is 0.342 e. The van der Waals surface area contributed by atoms with Crippen molar-refractivity contribution < 1.29 is 9.53 Å². The van der Waals surface area contributed by atoms with E-state index in [4.69, 9.17) is 12.2 Å². The number of hydrogen-bond acceptors (Lipinski definition) is 4. The first-order valence-electron chi connectivity index (χ1n) is 5.38. The largest absolute Gasteiger partial charge is 0.465 e. The van der Waals surface area contributed by atoms with Crippen LogP contribution in [0.3, 0.4) is 0 Å². The van der Waals surface area contributed by atoms with Crippen LogP contribution in [0.4, 0.5) is 0 Å². The van der Waals surface area contributed by atoms with Gasteiger partial charge in [0.15, 0.2) is 0 Å². The van der Waals surface area contributed by atoms with Crippen LogP contribution in [0.2, 0.25) is 0 Å². The average Bonchev–Trinajstić information content (AvgIpc) is 2.38. The molecule has 0 atom stereocenters. The van der Waals surface area contributed by atoms with E-state index in [9.17, 15) is 4.79 Å². The van der Waals surface area contributed by atoms with E-state index < -0.39 is 5.97 Å². The lowest BCUT2D eigenvalue weighted by Crippen LogP contribution is -2.08. The van der Waals surface area contributed by atoms with Crippen molar-refractivity contribution in [2.75, 3.05) is 7.11 Å². The molecule has 0 aliphatic rings. The highest BCUT2D eigenvalue weighted by atomic mass is 32.1. The second-order valence-corrected chi connectivity index (χ2v) is 4.13. The molecule has 4 nitrogen and oxygen atoms in total.